The standard InChI is InChI=1S/C31H40N4O5/c1-38-25-11-7-10-24(20-25)27-21-28(26-12-5-6-13-29(26)39-2)35(32-27)30(36)22-34(31(37)23-8-3-4-9-23)15-14-33-16-18-40-19-17-33/h5-7,10-13,20,23,28H,3-4,8-9,14-19,21-22H2,1-2H3/t28-/m0/s1. The molecule has 2 aromatic carbocycles. The van der Waals surface area contributed by atoms with Gasteiger partial charge in [0.25, 0.3) is 5.91 Å². The second-order valence-electron chi connectivity index (χ2n) is 10.7. The first kappa shape index (κ1) is 28.1. The number of hydrogen-bond donors (Lipinski definition) is 0. The lowest BCUT2D eigenvalue weighted by Gasteiger charge is -2.32. The number of hydrogen-bond acceptors (Lipinski definition) is 7. The summed E-state index contributed by atoms with van der Waals surface area (Å²) in [5.41, 5.74) is 2.59. The van der Waals surface area contributed by atoms with Crippen molar-refractivity contribution in [1.29, 1.82) is 0 Å². The minimum atomic E-state index is -0.340. The average Bonchev–Trinajstić information content (AvgIpc) is 3.71. The van der Waals surface area contributed by atoms with Gasteiger partial charge in [-0.1, -0.05) is 43.2 Å². The number of amides is 2. The minimum absolute atomic E-state index is 0.000211. The van der Waals surface area contributed by atoms with Gasteiger partial charge in [0.1, 0.15) is 18.0 Å². The van der Waals surface area contributed by atoms with Crippen LogP contribution >= 0.6 is 0 Å². The van der Waals surface area contributed by atoms with E-state index in [0.29, 0.717) is 31.9 Å². The Balaban J connectivity index is 1.41. The summed E-state index contributed by atoms with van der Waals surface area (Å²) >= 11 is 0. The van der Waals surface area contributed by atoms with Crippen LogP contribution in [0.15, 0.2) is 53.6 Å². The summed E-state index contributed by atoms with van der Waals surface area (Å²) in [6.07, 6.45) is 4.46. The number of nitrogens with zero attached hydrogens (tertiary/aromatic N) is 4. The molecule has 9 heteroatoms. The Morgan fingerprint density at radius 3 is 2.55 bits per heavy atom. The van der Waals surface area contributed by atoms with Crippen molar-refractivity contribution in [2.24, 2.45) is 11.0 Å². The van der Waals surface area contributed by atoms with Crippen LogP contribution in [0, 0.1) is 5.92 Å². The Morgan fingerprint density at radius 1 is 1.02 bits per heavy atom. The maximum absolute atomic E-state index is 14.0. The maximum atomic E-state index is 14.0. The Morgan fingerprint density at radius 2 is 1.80 bits per heavy atom. The van der Waals surface area contributed by atoms with Crippen LogP contribution in [0.2, 0.25) is 0 Å². The summed E-state index contributed by atoms with van der Waals surface area (Å²) in [5.74, 6) is 1.33. The van der Waals surface area contributed by atoms with Gasteiger partial charge in [0, 0.05) is 49.6 Å². The van der Waals surface area contributed by atoms with Gasteiger partial charge in [0.05, 0.1) is 39.2 Å². The van der Waals surface area contributed by atoms with Crippen molar-refractivity contribution < 1.29 is 23.8 Å². The number of para-hydroxylation sites is 1. The van der Waals surface area contributed by atoms with Crippen LogP contribution in [0.4, 0.5) is 0 Å². The van der Waals surface area contributed by atoms with Gasteiger partial charge in [-0.3, -0.25) is 14.5 Å². The second-order valence-corrected chi connectivity index (χ2v) is 10.7. The van der Waals surface area contributed by atoms with E-state index in [4.69, 9.17) is 19.3 Å². The average molecular weight is 549 g/mol. The molecule has 0 aromatic heterocycles. The number of carbonyl (C=O) groups excluding carboxylic acids is 2. The van der Waals surface area contributed by atoms with Crippen LogP contribution in [0.5, 0.6) is 11.5 Å². The molecule has 0 unspecified atom stereocenters. The first-order valence-corrected chi connectivity index (χ1v) is 14.3. The first-order chi connectivity index (χ1) is 19.6. The van der Waals surface area contributed by atoms with Crippen molar-refractivity contribution in [3.05, 3.63) is 59.7 Å². The highest BCUT2D eigenvalue weighted by Gasteiger charge is 2.37. The molecule has 1 aliphatic carbocycles. The molecular weight excluding hydrogens is 508 g/mol. The predicted octanol–water partition coefficient (Wildman–Crippen LogP) is 3.73. The normalized spacial score (nSPS) is 19.9. The molecule has 0 N–H and O–H groups in total. The molecule has 5 rings (SSSR count). The smallest absolute Gasteiger partial charge is 0.262 e. The van der Waals surface area contributed by atoms with Crippen LogP contribution in [-0.4, -0.2) is 92.5 Å². The molecule has 1 saturated heterocycles. The van der Waals surface area contributed by atoms with Gasteiger partial charge in [-0.05, 0) is 31.0 Å². The van der Waals surface area contributed by atoms with Crippen LogP contribution in [0.25, 0.3) is 0 Å². The lowest BCUT2D eigenvalue weighted by molar-refractivity contribution is -0.144. The molecule has 2 amide bonds. The second kappa shape index (κ2) is 13.3. The Kier molecular flexibility index (Phi) is 9.34. The molecule has 2 fully saturated rings. The van der Waals surface area contributed by atoms with Crippen LogP contribution < -0.4 is 9.47 Å². The largest absolute Gasteiger partial charge is 0.497 e. The zero-order valence-corrected chi connectivity index (χ0v) is 23.6. The summed E-state index contributed by atoms with van der Waals surface area (Å²) in [4.78, 5) is 31.7. The monoisotopic (exact) mass is 548 g/mol. The molecule has 1 atom stereocenters. The number of hydrazone groups is 1. The number of rotatable bonds is 10. The van der Waals surface area contributed by atoms with E-state index >= 15 is 0 Å². The number of benzene rings is 2. The van der Waals surface area contributed by atoms with Crippen LogP contribution in [0.1, 0.15) is 49.3 Å². The molecule has 2 heterocycles. The van der Waals surface area contributed by atoms with Gasteiger partial charge in [-0.25, -0.2) is 5.01 Å². The molecule has 9 nitrogen and oxygen atoms in total. The third-order valence-electron chi connectivity index (χ3n) is 8.20. The third-order valence-corrected chi connectivity index (χ3v) is 8.20. The maximum Gasteiger partial charge on any atom is 0.262 e. The van der Waals surface area contributed by atoms with Crippen molar-refractivity contribution in [1.82, 2.24) is 14.8 Å². The van der Waals surface area contributed by atoms with Crippen LogP contribution in [-0.2, 0) is 14.3 Å². The molecule has 1 saturated carbocycles. The van der Waals surface area contributed by atoms with Crippen molar-refractivity contribution in [3.63, 3.8) is 0 Å². The predicted molar refractivity (Wildman–Crippen MR) is 153 cm³/mol. The Hall–Kier alpha value is -3.43. The van der Waals surface area contributed by atoms with Gasteiger partial charge < -0.3 is 19.1 Å². The molecular formula is C31H40N4O5. The Labute approximate surface area is 236 Å². The molecule has 2 aliphatic heterocycles. The van der Waals surface area contributed by atoms with E-state index in [9.17, 15) is 9.59 Å². The van der Waals surface area contributed by atoms with Gasteiger partial charge in [-0.15, -0.1) is 0 Å². The van der Waals surface area contributed by atoms with E-state index < -0.39 is 0 Å². The van der Waals surface area contributed by atoms with Crippen LogP contribution in [0.3, 0.4) is 0 Å². The van der Waals surface area contributed by atoms with E-state index in [1.54, 1.807) is 24.1 Å². The highest BCUT2D eigenvalue weighted by Crippen LogP contribution is 2.38. The molecule has 2 aromatic rings. The fraction of sp³-hybridized carbons (Fsp3) is 0.516. The molecule has 3 aliphatic rings. The molecule has 0 bridgehead atoms. The highest BCUT2D eigenvalue weighted by molar-refractivity contribution is 6.03. The van der Waals surface area contributed by atoms with E-state index in [-0.39, 0.29) is 30.3 Å². The molecule has 0 radical (unpaired) electrons. The van der Waals surface area contributed by atoms with E-state index in [2.05, 4.69) is 4.90 Å². The van der Waals surface area contributed by atoms with Gasteiger partial charge in [0.2, 0.25) is 5.91 Å². The molecule has 0 spiro atoms. The van der Waals surface area contributed by atoms with E-state index in [0.717, 1.165) is 67.9 Å². The van der Waals surface area contributed by atoms with Crippen molar-refractivity contribution in [2.45, 2.75) is 38.1 Å². The fourth-order valence-corrected chi connectivity index (χ4v) is 5.92. The number of carbonyl (C=O) groups is 2. The highest BCUT2D eigenvalue weighted by atomic mass is 16.5. The molecule has 214 valence electrons. The summed E-state index contributed by atoms with van der Waals surface area (Å²) in [7, 11) is 3.27. The summed E-state index contributed by atoms with van der Waals surface area (Å²) < 4.78 is 16.6. The number of ether oxygens (including phenoxy) is 3. The van der Waals surface area contributed by atoms with Gasteiger partial charge in [0.15, 0.2) is 0 Å². The quantitative estimate of drug-likeness (QED) is 0.450. The van der Waals surface area contributed by atoms with E-state index in [1.165, 1.54) is 0 Å². The lowest BCUT2D eigenvalue weighted by Crippen LogP contribution is -2.48. The fourth-order valence-electron chi connectivity index (χ4n) is 5.92. The zero-order chi connectivity index (χ0) is 27.9. The zero-order valence-electron chi connectivity index (χ0n) is 23.6. The summed E-state index contributed by atoms with van der Waals surface area (Å²) in [6.45, 7) is 4.33. The topological polar surface area (TPSA) is 83.9 Å². The summed E-state index contributed by atoms with van der Waals surface area (Å²) in [5, 5.41) is 6.42. The van der Waals surface area contributed by atoms with Gasteiger partial charge >= 0.3 is 0 Å². The Bertz CT molecular complexity index is 1210. The van der Waals surface area contributed by atoms with Gasteiger partial charge in [-0.2, -0.15) is 5.10 Å². The van der Waals surface area contributed by atoms with Crippen molar-refractivity contribution in [2.75, 3.05) is 60.2 Å². The number of methoxy groups -OCH3 is 2. The van der Waals surface area contributed by atoms with Crippen molar-refractivity contribution in [3.8, 4) is 11.5 Å². The third kappa shape index (κ3) is 6.47. The molecule has 40 heavy (non-hydrogen) atoms. The summed E-state index contributed by atoms with van der Waals surface area (Å²) in [6, 6.07) is 15.1. The lowest BCUT2D eigenvalue weighted by atomic mass is 9.97. The first-order valence-electron chi connectivity index (χ1n) is 14.3. The number of morpholine rings is 1. The van der Waals surface area contributed by atoms with E-state index in [1.807, 2.05) is 48.5 Å². The minimum Gasteiger partial charge on any atom is -0.497 e. The van der Waals surface area contributed by atoms with Crippen molar-refractivity contribution >= 4 is 17.5 Å². The SMILES string of the molecule is COc1cccc(C2=NN(C(=O)CN(CCN3CCOCC3)C(=O)C3CCCC3)[C@H](c3ccccc3OC)C2)c1.